The van der Waals surface area contributed by atoms with E-state index in [4.69, 9.17) is 0 Å². The summed E-state index contributed by atoms with van der Waals surface area (Å²) in [5.41, 5.74) is 35.5. The van der Waals surface area contributed by atoms with E-state index in [1.54, 1.807) is 44.5 Å². The molecule has 358 valence electrons. The maximum absolute atomic E-state index is 2.60. The molecule has 0 nitrogen and oxygen atoms in total. The first kappa shape index (κ1) is 42.3. The van der Waals surface area contributed by atoms with Gasteiger partial charge < -0.3 is 0 Å². The van der Waals surface area contributed by atoms with Gasteiger partial charge in [-0.05, 0) is 221 Å². The predicted molar refractivity (Wildman–Crippen MR) is 307 cm³/mol. The Balaban J connectivity index is 0.676. The zero-order valence-electron chi connectivity index (χ0n) is 42.6. The van der Waals surface area contributed by atoms with E-state index >= 15 is 0 Å². The van der Waals surface area contributed by atoms with Gasteiger partial charge in [-0.1, -0.05) is 197 Å². The Hall–Kier alpha value is -7.02. The topological polar surface area (TPSA) is 0 Å². The molecular weight excluding hydrogens is 889 g/mol. The number of rotatable bonds is 4. The van der Waals surface area contributed by atoms with Crippen molar-refractivity contribution in [2.24, 2.45) is 0 Å². The summed E-state index contributed by atoms with van der Waals surface area (Å²) in [4.78, 5) is 0. The third kappa shape index (κ3) is 5.55. The highest BCUT2D eigenvalue weighted by Gasteiger charge is 2.49. The van der Waals surface area contributed by atoms with Crippen LogP contribution in [0, 0.1) is 0 Å². The molecule has 0 amide bonds. The van der Waals surface area contributed by atoms with Gasteiger partial charge in [0, 0.05) is 21.7 Å². The highest BCUT2D eigenvalue weighted by molar-refractivity contribution is 5.91. The molecule has 74 heavy (non-hydrogen) atoms. The smallest absolute Gasteiger partial charge is 0.0215 e. The third-order valence-electron chi connectivity index (χ3n) is 21.3. The zero-order chi connectivity index (χ0) is 48.4. The molecule has 0 unspecified atom stereocenters. The van der Waals surface area contributed by atoms with Crippen molar-refractivity contribution in [1.29, 1.82) is 0 Å². The van der Waals surface area contributed by atoms with E-state index in [-0.39, 0.29) is 21.7 Å². The Kier molecular flexibility index (Phi) is 8.75. The molecule has 0 aromatic heterocycles. The molecule has 0 atom stereocenters. The molecule has 4 fully saturated rings. The van der Waals surface area contributed by atoms with Crippen LogP contribution in [0.2, 0.25) is 0 Å². The molecule has 8 aliphatic rings. The van der Waals surface area contributed by atoms with Gasteiger partial charge in [0.2, 0.25) is 0 Å². The van der Waals surface area contributed by atoms with Gasteiger partial charge in [0.05, 0.1) is 0 Å². The average Bonchev–Trinajstić information content (AvgIpc) is 4.38. The minimum atomic E-state index is 0.0819. The molecule has 0 N–H and O–H groups in total. The monoisotopic (exact) mass is 950 g/mol. The summed E-state index contributed by atoms with van der Waals surface area (Å²) in [5, 5.41) is 0. The third-order valence-corrected chi connectivity index (χ3v) is 21.3. The largest absolute Gasteiger partial charge is 0.0619 e. The van der Waals surface area contributed by atoms with Gasteiger partial charge >= 0.3 is 0 Å². The number of fused-ring (bicyclic) bond motifs is 20. The second-order valence-electron chi connectivity index (χ2n) is 24.4. The minimum Gasteiger partial charge on any atom is -0.0619 e. The minimum absolute atomic E-state index is 0.0819. The van der Waals surface area contributed by atoms with Crippen LogP contribution in [0.1, 0.15) is 147 Å². The molecule has 9 aromatic carbocycles. The Labute approximate surface area is 437 Å². The van der Waals surface area contributed by atoms with Gasteiger partial charge in [0.25, 0.3) is 0 Å². The molecule has 0 radical (unpaired) electrons. The number of hydrogen-bond donors (Lipinski definition) is 0. The lowest BCUT2D eigenvalue weighted by Gasteiger charge is -2.28. The van der Waals surface area contributed by atoms with E-state index in [0.717, 1.165) is 0 Å². The fourth-order valence-corrected chi connectivity index (χ4v) is 17.9. The van der Waals surface area contributed by atoms with Crippen molar-refractivity contribution in [3.63, 3.8) is 0 Å². The summed E-state index contributed by atoms with van der Waals surface area (Å²) in [5.74, 6) is 0. The lowest BCUT2D eigenvalue weighted by molar-refractivity contribution is 0.550. The molecule has 4 spiro atoms. The Morgan fingerprint density at radius 2 is 0.405 bits per heavy atom. The predicted octanol–water partition coefficient (Wildman–Crippen LogP) is 19.7. The molecule has 0 heterocycles. The molecule has 0 aliphatic heterocycles. The van der Waals surface area contributed by atoms with Gasteiger partial charge in [0.1, 0.15) is 0 Å². The maximum atomic E-state index is 2.60. The molecule has 0 heteroatoms. The molecule has 9 aromatic rings. The van der Waals surface area contributed by atoms with Crippen LogP contribution in [0.5, 0.6) is 0 Å². The Morgan fingerprint density at radius 1 is 0.176 bits per heavy atom. The first-order chi connectivity index (χ1) is 36.5. The van der Waals surface area contributed by atoms with Crippen LogP contribution in [0.15, 0.2) is 182 Å². The Morgan fingerprint density at radius 3 is 0.743 bits per heavy atom. The second-order valence-corrected chi connectivity index (χ2v) is 24.4. The van der Waals surface area contributed by atoms with E-state index in [1.807, 2.05) is 0 Å². The normalized spacial score (nSPS) is 19.5. The van der Waals surface area contributed by atoms with Gasteiger partial charge in [-0.3, -0.25) is 0 Å². The van der Waals surface area contributed by atoms with Crippen molar-refractivity contribution in [1.82, 2.24) is 0 Å². The van der Waals surface area contributed by atoms with Gasteiger partial charge in [-0.25, -0.2) is 0 Å². The quantitative estimate of drug-likeness (QED) is 0.165. The molecule has 0 saturated heterocycles. The summed E-state index contributed by atoms with van der Waals surface area (Å²) >= 11 is 0. The van der Waals surface area contributed by atoms with E-state index in [2.05, 4.69) is 182 Å². The molecule has 4 saturated carbocycles. The molecular formula is C74H62. The van der Waals surface area contributed by atoms with E-state index in [1.165, 1.54) is 192 Å². The first-order valence-electron chi connectivity index (χ1n) is 28.7. The first-order valence-corrected chi connectivity index (χ1v) is 28.7. The van der Waals surface area contributed by atoms with E-state index in [9.17, 15) is 0 Å². The second kappa shape index (κ2) is 15.3. The number of hydrogen-bond acceptors (Lipinski definition) is 0. The van der Waals surface area contributed by atoms with Gasteiger partial charge in [0.15, 0.2) is 0 Å². The fraction of sp³-hybridized carbons (Fsp3) is 0.270. The maximum Gasteiger partial charge on any atom is 0.0215 e. The molecule has 0 bridgehead atoms. The molecule has 8 aliphatic carbocycles. The highest BCUT2D eigenvalue weighted by Crippen LogP contribution is 2.62. The van der Waals surface area contributed by atoms with E-state index in [0.29, 0.717) is 0 Å². The van der Waals surface area contributed by atoms with Crippen LogP contribution in [0.25, 0.3) is 89.0 Å². The summed E-state index contributed by atoms with van der Waals surface area (Å²) in [6.45, 7) is 0. The number of benzene rings is 9. The summed E-state index contributed by atoms with van der Waals surface area (Å²) in [6, 6.07) is 73.0. The standard InChI is InChI=1S/C74H62/c1-3-15-63-55(13-1)61-41-49(25-31-65(61)71(63)33-5-6-34-71)53-23-29-59-57-27-21-51(43-67(57)73(69(59)45-53)37-9-10-38-73)47-17-19-48(20-18-47)52-22-28-58-60-30-24-54(46-70(60)74(68(58)44-52)39-11-12-40-74)50-26-32-66-62(42-50)56-14-2-4-16-64(56)72(66)35-7-8-36-72/h1-4,13-32,41-46H,5-12,33-40H2. The summed E-state index contributed by atoms with van der Waals surface area (Å²) in [7, 11) is 0. The van der Waals surface area contributed by atoms with Crippen molar-refractivity contribution in [3.8, 4) is 89.0 Å². The van der Waals surface area contributed by atoms with Crippen molar-refractivity contribution in [2.45, 2.75) is 124 Å². The lowest BCUT2D eigenvalue weighted by atomic mass is 9.75. The summed E-state index contributed by atoms with van der Waals surface area (Å²) < 4.78 is 0. The van der Waals surface area contributed by atoms with Crippen LogP contribution in [0.4, 0.5) is 0 Å². The van der Waals surface area contributed by atoms with Crippen LogP contribution >= 0.6 is 0 Å². The Bertz CT molecular complexity index is 3600. The van der Waals surface area contributed by atoms with Crippen molar-refractivity contribution in [3.05, 3.63) is 226 Å². The summed E-state index contributed by atoms with van der Waals surface area (Å²) in [6.07, 6.45) is 20.5. The zero-order valence-corrected chi connectivity index (χ0v) is 42.6. The SMILES string of the molecule is c1ccc2c(c1)-c1cc(-c3ccc4c(c3)C3(CCCC3)c3cc(-c5ccc(-c6ccc7c(c6)C6(CCCC6)c6cc(-c8ccc9c(c8)-c8ccccc8C98CCCC8)ccc6-7)cc5)ccc3-4)ccc1C21CCCC1. The highest BCUT2D eigenvalue weighted by atomic mass is 14.5. The van der Waals surface area contributed by atoms with Crippen LogP contribution < -0.4 is 0 Å². The average molecular weight is 951 g/mol. The van der Waals surface area contributed by atoms with Gasteiger partial charge in [-0.2, -0.15) is 0 Å². The van der Waals surface area contributed by atoms with Crippen LogP contribution in [-0.2, 0) is 21.7 Å². The lowest BCUT2D eigenvalue weighted by Crippen LogP contribution is -2.20. The van der Waals surface area contributed by atoms with Gasteiger partial charge in [-0.15, -0.1) is 0 Å². The van der Waals surface area contributed by atoms with Crippen molar-refractivity contribution >= 4 is 0 Å². The van der Waals surface area contributed by atoms with Crippen LogP contribution in [0.3, 0.4) is 0 Å². The fourth-order valence-electron chi connectivity index (χ4n) is 17.9. The molecule has 17 rings (SSSR count). The van der Waals surface area contributed by atoms with E-state index < -0.39 is 0 Å². The van der Waals surface area contributed by atoms with Crippen molar-refractivity contribution in [2.75, 3.05) is 0 Å². The van der Waals surface area contributed by atoms with Crippen molar-refractivity contribution < 1.29 is 0 Å². The van der Waals surface area contributed by atoms with Crippen LogP contribution in [-0.4, -0.2) is 0 Å².